The van der Waals surface area contributed by atoms with Crippen LogP contribution >= 0.6 is 12.4 Å². The minimum absolute atomic E-state index is 0. The average molecular weight is 365 g/mol. The van der Waals surface area contributed by atoms with Crippen molar-refractivity contribution in [3.05, 3.63) is 29.6 Å². The van der Waals surface area contributed by atoms with Crippen molar-refractivity contribution in [2.24, 2.45) is 0 Å². The molecule has 0 aliphatic carbocycles. The lowest BCUT2D eigenvalue weighted by Crippen LogP contribution is -2.38. The molecular formula is C12H17ClF4N2O2S. The Balaban J connectivity index is 0.00000441. The average Bonchev–Trinajstić information content (AvgIpc) is 2.35. The molecule has 1 aromatic carbocycles. The summed E-state index contributed by atoms with van der Waals surface area (Å²) in [6.45, 7) is 4.26. The molecule has 0 aliphatic heterocycles. The van der Waals surface area contributed by atoms with E-state index in [-0.39, 0.29) is 25.0 Å². The highest BCUT2D eigenvalue weighted by atomic mass is 35.5. The summed E-state index contributed by atoms with van der Waals surface area (Å²) < 4.78 is 76.5. The van der Waals surface area contributed by atoms with Crippen LogP contribution in [-0.4, -0.2) is 27.5 Å². The normalized spacial score (nSPS) is 13.5. The van der Waals surface area contributed by atoms with E-state index in [1.165, 1.54) is 0 Å². The molecule has 0 radical (unpaired) electrons. The fourth-order valence-electron chi connectivity index (χ4n) is 1.63. The molecule has 0 saturated carbocycles. The summed E-state index contributed by atoms with van der Waals surface area (Å²) in [5.74, 6) is -1.62. The Morgan fingerprint density at radius 2 is 1.86 bits per heavy atom. The minimum Gasteiger partial charge on any atom is -0.313 e. The van der Waals surface area contributed by atoms with E-state index in [0.717, 1.165) is 6.07 Å². The van der Waals surface area contributed by atoms with Gasteiger partial charge in [0.25, 0.3) is 0 Å². The molecule has 0 spiro atoms. The molecule has 1 atom stereocenters. The van der Waals surface area contributed by atoms with Crippen molar-refractivity contribution >= 4 is 22.4 Å². The van der Waals surface area contributed by atoms with Crippen molar-refractivity contribution in [2.45, 2.75) is 31.0 Å². The van der Waals surface area contributed by atoms with Crippen molar-refractivity contribution in [3.63, 3.8) is 0 Å². The molecule has 0 aromatic heterocycles. The Bertz CT molecular complexity index is 593. The molecule has 0 saturated heterocycles. The third kappa shape index (κ3) is 5.71. The standard InChI is InChI=1S/C12H16F4N2O2S.ClH/c1-3-17-8(2)7-18-21(19,20)9-4-5-10(11(13)6-9)12(14,15)16;/h4-6,8,17-18H,3,7H2,1-2H3;1H/t8-;/m1./s1. The second-order valence-corrected chi connectivity index (χ2v) is 6.22. The van der Waals surface area contributed by atoms with Gasteiger partial charge in [0.1, 0.15) is 5.82 Å². The van der Waals surface area contributed by atoms with Gasteiger partial charge in [-0.05, 0) is 31.7 Å². The van der Waals surface area contributed by atoms with Gasteiger partial charge in [-0.15, -0.1) is 12.4 Å². The van der Waals surface area contributed by atoms with Gasteiger partial charge in [0.05, 0.1) is 10.5 Å². The smallest absolute Gasteiger partial charge is 0.313 e. The summed E-state index contributed by atoms with van der Waals surface area (Å²) in [5, 5.41) is 2.96. The highest BCUT2D eigenvalue weighted by Gasteiger charge is 2.34. The van der Waals surface area contributed by atoms with Gasteiger partial charge in [0, 0.05) is 12.6 Å². The van der Waals surface area contributed by atoms with Crippen molar-refractivity contribution in [1.29, 1.82) is 0 Å². The van der Waals surface area contributed by atoms with Crippen LogP contribution in [0.4, 0.5) is 17.6 Å². The molecule has 0 heterocycles. The number of alkyl halides is 3. The van der Waals surface area contributed by atoms with Gasteiger partial charge in [0.15, 0.2) is 0 Å². The van der Waals surface area contributed by atoms with Gasteiger partial charge >= 0.3 is 6.18 Å². The Morgan fingerprint density at radius 3 is 2.32 bits per heavy atom. The van der Waals surface area contributed by atoms with Crippen molar-refractivity contribution in [3.8, 4) is 0 Å². The molecule has 0 bridgehead atoms. The number of hydrogen-bond acceptors (Lipinski definition) is 3. The second kappa shape index (κ2) is 8.09. The molecule has 128 valence electrons. The number of benzene rings is 1. The number of hydrogen-bond donors (Lipinski definition) is 2. The first-order valence-corrected chi connectivity index (χ1v) is 7.66. The van der Waals surface area contributed by atoms with E-state index in [4.69, 9.17) is 0 Å². The van der Waals surface area contributed by atoms with Crippen LogP contribution in [0.3, 0.4) is 0 Å². The van der Waals surface area contributed by atoms with Crippen LogP contribution in [0.1, 0.15) is 19.4 Å². The number of rotatable bonds is 6. The number of sulfonamides is 1. The van der Waals surface area contributed by atoms with Gasteiger partial charge < -0.3 is 5.32 Å². The van der Waals surface area contributed by atoms with Crippen molar-refractivity contribution in [2.75, 3.05) is 13.1 Å². The lowest BCUT2D eigenvalue weighted by atomic mass is 10.2. The molecule has 0 amide bonds. The molecule has 10 heteroatoms. The van der Waals surface area contributed by atoms with E-state index in [1.807, 2.05) is 6.92 Å². The Morgan fingerprint density at radius 1 is 1.27 bits per heavy atom. The van der Waals surface area contributed by atoms with E-state index in [0.29, 0.717) is 18.7 Å². The number of nitrogens with one attached hydrogen (secondary N) is 2. The zero-order chi connectivity index (χ0) is 16.3. The molecule has 1 aromatic rings. The predicted octanol–water partition coefficient (Wildman–Crippen LogP) is 2.54. The van der Waals surface area contributed by atoms with Gasteiger partial charge in [0.2, 0.25) is 10.0 Å². The van der Waals surface area contributed by atoms with Crippen LogP contribution in [0.2, 0.25) is 0 Å². The highest BCUT2D eigenvalue weighted by molar-refractivity contribution is 7.89. The maximum Gasteiger partial charge on any atom is 0.419 e. The molecule has 0 fully saturated rings. The van der Waals surface area contributed by atoms with Crippen LogP contribution in [0.25, 0.3) is 0 Å². The zero-order valence-electron chi connectivity index (χ0n) is 11.9. The Hall–Kier alpha value is -0.900. The predicted molar refractivity (Wildman–Crippen MR) is 77.0 cm³/mol. The summed E-state index contributed by atoms with van der Waals surface area (Å²) in [6.07, 6.45) is -4.86. The largest absolute Gasteiger partial charge is 0.419 e. The highest BCUT2D eigenvalue weighted by Crippen LogP contribution is 2.32. The minimum atomic E-state index is -4.86. The molecule has 1 rings (SSSR count). The number of likely N-dealkylation sites (N-methyl/N-ethyl adjacent to an activating group) is 1. The maximum atomic E-state index is 13.4. The molecule has 0 aliphatic rings. The Labute approximate surface area is 132 Å². The summed E-state index contributed by atoms with van der Waals surface area (Å²) in [5.41, 5.74) is -1.50. The summed E-state index contributed by atoms with van der Waals surface area (Å²) >= 11 is 0. The zero-order valence-corrected chi connectivity index (χ0v) is 13.5. The van der Waals surface area contributed by atoms with Crippen molar-refractivity contribution in [1.82, 2.24) is 10.0 Å². The van der Waals surface area contributed by atoms with Crippen LogP contribution < -0.4 is 10.0 Å². The third-order valence-corrected chi connectivity index (χ3v) is 4.11. The molecule has 0 unspecified atom stereocenters. The van der Waals surface area contributed by atoms with E-state index < -0.39 is 32.5 Å². The van der Waals surface area contributed by atoms with E-state index in [1.54, 1.807) is 6.92 Å². The fourth-order valence-corrected chi connectivity index (χ4v) is 2.77. The lowest BCUT2D eigenvalue weighted by Gasteiger charge is -2.14. The summed E-state index contributed by atoms with van der Waals surface area (Å²) in [7, 11) is -4.06. The quantitative estimate of drug-likeness (QED) is 0.763. The lowest BCUT2D eigenvalue weighted by molar-refractivity contribution is -0.140. The fraction of sp³-hybridized carbons (Fsp3) is 0.500. The monoisotopic (exact) mass is 364 g/mol. The van der Waals surface area contributed by atoms with Gasteiger partial charge in [-0.1, -0.05) is 6.92 Å². The third-order valence-electron chi connectivity index (χ3n) is 2.69. The first kappa shape index (κ1) is 21.1. The molecule has 22 heavy (non-hydrogen) atoms. The van der Waals surface area contributed by atoms with E-state index >= 15 is 0 Å². The first-order valence-electron chi connectivity index (χ1n) is 6.17. The Kier molecular flexibility index (Phi) is 7.76. The van der Waals surface area contributed by atoms with Crippen molar-refractivity contribution < 1.29 is 26.0 Å². The van der Waals surface area contributed by atoms with E-state index in [9.17, 15) is 26.0 Å². The maximum absolute atomic E-state index is 13.4. The first-order chi connectivity index (χ1) is 9.58. The van der Waals surface area contributed by atoms with Gasteiger partial charge in [-0.3, -0.25) is 0 Å². The second-order valence-electron chi connectivity index (χ2n) is 4.45. The van der Waals surface area contributed by atoms with Crippen LogP contribution in [0, 0.1) is 5.82 Å². The summed E-state index contributed by atoms with van der Waals surface area (Å²) in [4.78, 5) is -0.545. The van der Waals surface area contributed by atoms with Crippen LogP contribution in [0.5, 0.6) is 0 Å². The van der Waals surface area contributed by atoms with Crippen LogP contribution in [-0.2, 0) is 16.2 Å². The van der Waals surface area contributed by atoms with Gasteiger partial charge in [-0.25, -0.2) is 17.5 Å². The SMILES string of the molecule is CCN[C@H](C)CNS(=O)(=O)c1ccc(C(F)(F)F)c(F)c1.Cl. The molecular weight excluding hydrogens is 348 g/mol. The van der Waals surface area contributed by atoms with E-state index in [2.05, 4.69) is 10.0 Å². The van der Waals surface area contributed by atoms with Crippen LogP contribution in [0.15, 0.2) is 23.1 Å². The topological polar surface area (TPSA) is 58.2 Å². The molecule has 2 N–H and O–H groups in total. The summed E-state index contributed by atoms with van der Waals surface area (Å²) in [6, 6.07) is 1.34. The van der Waals surface area contributed by atoms with Gasteiger partial charge in [-0.2, -0.15) is 13.2 Å². The number of halogens is 5. The molecule has 4 nitrogen and oxygen atoms in total.